The van der Waals surface area contributed by atoms with Crippen LogP contribution in [0.3, 0.4) is 0 Å². The number of nitrogens with zero attached hydrogens (tertiary/aromatic N) is 1. The summed E-state index contributed by atoms with van der Waals surface area (Å²) in [5.74, 6) is 2.32. The third kappa shape index (κ3) is 1.82. The predicted molar refractivity (Wildman–Crippen MR) is 95.1 cm³/mol. The van der Waals surface area contributed by atoms with Crippen LogP contribution in [0, 0.1) is 34.5 Å². The Balaban J connectivity index is 1.54. The van der Waals surface area contributed by atoms with Gasteiger partial charge in [0, 0.05) is 11.5 Å². The average molecular weight is 342 g/mol. The summed E-state index contributed by atoms with van der Waals surface area (Å²) in [5.41, 5.74) is 1.48. The Hall–Kier alpha value is -1.16. The predicted octanol–water partition coefficient (Wildman–Crippen LogP) is 3.76. The molecule has 7 atom stereocenters. The van der Waals surface area contributed by atoms with Crippen molar-refractivity contribution in [3.8, 4) is 0 Å². The van der Waals surface area contributed by atoms with E-state index in [4.69, 9.17) is 0 Å². The van der Waals surface area contributed by atoms with Gasteiger partial charge in [-0.3, -0.25) is 9.89 Å². The van der Waals surface area contributed by atoms with Crippen LogP contribution in [0.25, 0.3) is 0 Å². The van der Waals surface area contributed by atoms with Gasteiger partial charge < -0.3 is 5.11 Å². The number of nitrogens with one attached hydrogen (secondary N) is 1. The maximum atomic E-state index is 13.1. The van der Waals surface area contributed by atoms with Crippen molar-refractivity contribution in [2.75, 3.05) is 0 Å². The molecule has 3 fully saturated rings. The summed E-state index contributed by atoms with van der Waals surface area (Å²) < 4.78 is 0. The third-order valence-corrected chi connectivity index (χ3v) is 9.28. The molecule has 4 heteroatoms. The zero-order valence-electron chi connectivity index (χ0n) is 15.6. The van der Waals surface area contributed by atoms with Crippen molar-refractivity contribution in [2.24, 2.45) is 34.5 Å². The Morgan fingerprint density at radius 1 is 1.12 bits per heavy atom. The maximum Gasteiger partial charge on any atom is 0.184 e. The fraction of sp³-hybridized carbons (Fsp3) is 0.810. The molecule has 7 unspecified atom stereocenters. The van der Waals surface area contributed by atoms with E-state index < -0.39 is 5.60 Å². The first-order valence-corrected chi connectivity index (χ1v) is 10.1. The van der Waals surface area contributed by atoms with E-state index in [1.807, 2.05) is 6.20 Å². The lowest BCUT2D eigenvalue weighted by molar-refractivity contribution is -0.134. The van der Waals surface area contributed by atoms with E-state index in [9.17, 15) is 9.90 Å². The first-order valence-electron chi connectivity index (χ1n) is 10.1. The van der Waals surface area contributed by atoms with Gasteiger partial charge in [-0.2, -0.15) is 5.10 Å². The molecule has 0 spiro atoms. The molecule has 25 heavy (non-hydrogen) atoms. The molecule has 2 N–H and O–H groups in total. The first kappa shape index (κ1) is 16.0. The number of aliphatic hydroxyl groups is 1. The lowest BCUT2D eigenvalue weighted by atomic mass is 9.44. The molecule has 1 aromatic rings. The number of fused-ring (bicyclic) bond motifs is 6. The summed E-state index contributed by atoms with van der Waals surface area (Å²) in [5, 5.41) is 18.1. The van der Waals surface area contributed by atoms with Crippen molar-refractivity contribution in [1.82, 2.24) is 10.2 Å². The SMILES string of the molecule is CC12Cc3cn[nH]c3C(=O)C1CCC1C2CCC2(C)C1CCC2(C)O. The van der Waals surface area contributed by atoms with E-state index in [2.05, 4.69) is 31.0 Å². The zero-order chi connectivity index (χ0) is 17.6. The molecule has 0 saturated heterocycles. The van der Waals surface area contributed by atoms with Gasteiger partial charge in [0.2, 0.25) is 0 Å². The summed E-state index contributed by atoms with van der Waals surface area (Å²) in [6.45, 7) is 6.76. The van der Waals surface area contributed by atoms with E-state index in [1.54, 1.807) is 0 Å². The summed E-state index contributed by atoms with van der Waals surface area (Å²) in [7, 11) is 0. The zero-order valence-corrected chi connectivity index (χ0v) is 15.6. The number of Topliss-reactive ketones (excluding diaryl/α,β-unsaturated/α-hetero) is 1. The lowest BCUT2D eigenvalue weighted by Crippen LogP contribution is -2.57. The molecule has 0 amide bonds. The van der Waals surface area contributed by atoms with Crippen LogP contribution in [-0.2, 0) is 6.42 Å². The summed E-state index contributed by atoms with van der Waals surface area (Å²) >= 11 is 0. The molecule has 4 aliphatic carbocycles. The van der Waals surface area contributed by atoms with Crippen LogP contribution in [0.15, 0.2) is 6.20 Å². The minimum Gasteiger partial charge on any atom is -0.390 e. The van der Waals surface area contributed by atoms with Gasteiger partial charge in [-0.25, -0.2) is 0 Å². The van der Waals surface area contributed by atoms with E-state index in [0.717, 1.165) is 56.2 Å². The average Bonchev–Trinajstić information content (AvgIpc) is 3.10. The van der Waals surface area contributed by atoms with Gasteiger partial charge in [0.15, 0.2) is 5.78 Å². The van der Waals surface area contributed by atoms with E-state index in [0.29, 0.717) is 23.5 Å². The molecule has 0 bridgehead atoms. The number of rotatable bonds is 0. The van der Waals surface area contributed by atoms with Crippen molar-refractivity contribution >= 4 is 5.78 Å². The Morgan fingerprint density at radius 2 is 1.88 bits per heavy atom. The molecule has 5 rings (SSSR count). The monoisotopic (exact) mass is 342 g/mol. The molecular formula is C21H30N2O2. The minimum atomic E-state index is -0.527. The number of ketones is 1. The van der Waals surface area contributed by atoms with Gasteiger partial charge in [-0.15, -0.1) is 0 Å². The quantitative estimate of drug-likeness (QED) is 0.754. The minimum absolute atomic E-state index is 0.0524. The molecule has 4 nitrogen and oxygen atoms in total. The third-order valence-electron chi connectivity index (χ3n) is 9.28. The summed E-state index contributed by atoms with van der Waals surface area (Å²) in [4.78, 5) is 13.1. The molecule has 0 aromatic carbocycles. The van der Waals surface area contributed by atoms with Gasteiger partial charge in [-0.05, 0) is 80.5 Å². The number of H-pyrrole nitrogens is 1. The number of hydrogen-bond donors (Lipinski definition) is 2. The molecular weight excluding hydrogens is 312 g/mol. The second-order valence-electron chi connectivity index (χ2n) is 10.1. The molecule has 136 valence electrons. The van der Waals surface area contributed by atoms with Crippen molar-refractivity contribution in [3.63, 3.8) is 0 Å². The number of carbonyl (C=O) groups excluding carboxylic acids is 1. The molecule has 1 aromatic heterocycles. The van der Waals surface area contributed by atoms with Crippen LogP contribution >= 0.6 is 0 Å². The van der Waals surface area contributed by atoms with Gasteiger partial charge in [0.1, 0.15) is 5.69 Å². The Bertz CT molecular complexity index is 738. The topological polar surface area (TPSA) is 66.0 Å². The highest BCUT2D eigenvalue weighted by molar-refractivity contribution is 5.99. The van der Waals surface area contributed by atoms with Gasteiger partial charge in [0.25, 0.3) is 0 Å². The Kier molecular flexibility index (Phi) is 3.06. The molecule has 0 aliphatic heterocycles. The Labute approximate surface area is 149 Å². The second-order valence-corrected chi connectivity index (χ2v) is 10.1. The van der Waals surface area contributed by atoms with E-state index in [1.165, 1.54) is 0 Å². The number of hydrogen-bond acceptors (Lipinski definition) is 3. The standard InChI is InChI=1S/C21H30N2O2/c1-19-10-12-11-22-23-17(12)18(24)16(19)5-4-13-14(19)6-8-20(2)15(13)7-9-21(20,3)25/h11,13-16,25H,4-10H2,1-3H3,(H,22,23). The maximum absolute atomic E-state index is 13.1. The summed E-state index contributed by atoms with van der Waals surface area (Å²) in [6.07, 6.45) is 9.34. The Morgan fingerprint density at radius 3 is 2.68 bits per heavy atom. The highest BCUT2D eigenvalue weighted by Gasteiger charge is 2.64. The van der Waals surface area contributed by atoms with Crippen LogP contribution in [0.1, 0.15) is 75.3 Å². The van der Waals surface area contributed by atoms with Gasteiger partial charge in [-0.1, -0.05) is 13.8 Å². The van der Waals surface area contributed by atoms with Gasteiger partial charge >= 0.3 is 0 Å². The molecule has 3 saturated carbocycles. The lowest BCUT2D eigenvalue weighted by Gasteiger charge is -2.60. The highest BCUT2D eigenvalue weighted by atomic mass is 16.3. The van der Waals surface area contributed by atoms with Crippen LogP contribution in [0.4, 0.5) is 0 Å². The largest absolute Gasteiger partial charge is 0.390 e. The van der Waals surface area contributed by atoms with Crippen LogP contribution in [0.2, 0.25) is 0 Å². The van der Waals surface area contributed by atoms with Crippen molar-refractivity contribution < 1.29 is 9.90 Å². The fourth-order valence-corrected chi connectivity index (χ4v) is 7.63. The molecule has 4 aliphatic rings. The van der Waals surface area contributed by atoms with E-state index >= 15 is 0 Å². The fourth-order valence-electron chi connectivity index (χ4n) is 7.63. The van der Waals surface area contributed by atoms with Crippen LogP contribution < -0.4 is 0 Å². The number of carbonyl (C=O) groups is 1. The number of aromatic amines is 1. The normalized spacial score (nSPS) is 51.4. The van der Waals surface area contributed by atoms with Crippen LogP contribution in [-0.4, -0.2) is 26.7 Å². The van der Waals surface area contributed by atoms with Crippen molar-refractivity contribution in [1.29, 1.82) is 0 Å². The summed E-state index contributed by atoms with van der Waals surface area (Å²) in [6, 6.07) is 0. The van der Waals surface area contributed by atoms with Crippen molar-refractivity contribution in [2.45, 2.75) is 71.3 Å². The second kappa shape index (κ2) is 4.76. The van der Waals surface area contributed by atoms with Crippen molar-refractivity contribution in [3.05, 3.63) is 17.5 Å². The van der Waals surface area contributed by atoms with Crippen LogP contribution in [0.5, 0.6) is 0 Å². The smallest absolute Gasteiger partial charge is 0.184 e. The van der Waals surface area contributed by atoms with Gasteiger partial charge in [0.05, 0.1) is 11.8 Å². The first-order chi connectivity index (χ1) is 11.8. The molecule has 1 heterocycles. The molecule has 0 radical (unpaired) electrons. The number of aromatic nitrogens is 2. The highest BCUT2D eigenvalue weighted by Crippen LogP contribution is 2.67. The van der Waals surface area contributed by atoms with E-state index in [-0.39, 0.29) is 16.7 Å².